The molecule has 0 saturated carbocycles. The van der Waals surface area contributed by atoms with Crippen LogP contribution >= 0.6 is 0 Å². The molecule has 4 nitrogen and oxygen atoms in total. The van der Waals surface area contributed by atoms with E-state index in [1.165, 1.54) is 0 Å². The third kappa shape index (κ3) is 3.04. The van der Waals surface area contributed by atoms with E-state index in [9.17, 15) is 13.6 Å². The number of hydrogen-bond acceptors (Lipinski definition) is 3. The zero-order valence-electron chi connectivity index (χ0n) is 13.5. The monoisotopic (exact) mass is 345 g/mol. The fourth-order valence-corrected chi connectivity index (χ4v) is 3.47. The topological polar surface area (TPSA) is 38.8 Å². The zero-order chi connectivity index (χ0) is 17.4. The Hall–Kier alpha value is -2.63. The van der Waals surface area contributed by atoms with Gasteiger partial charge in [-0.05, 0) is 42.7 Å². The summed E-state index contributed by atoms with van der Waals surface area (Å²) in [4.78, 5) is 14.4. The van der Waals surface area contributed by atoms with Crippen molar-refractivity contribution in [2.75, 3.05) is 19.8 Å². The molecular formula is C19H17F2NO3. The molecule has 2 aliphatic heterocycles. The number of amides is 1. The molecule has 6 heteroatoms. The van der Waals surface area contributed by atoms with Gasteiger partial charge in [-0.3, -0.25) is 4.79 Å². The van der Waals surface area contributed by atoms with E-state index in [1.54, 1.807) is 4.90 Å². The number of carbonyl (C=O) groups is 1. The van der Waals surface area contributed by atoms with Gasteiger partial charge in [0.15, 0.2) is 11.5 Å². The van der Waals surface area contributed by atoms with E-state index in [0.717, 1.165) is 36.6 Å². The number of halogens is 2. The molecule has 0 N–H and O–H groups in total. The second-order valence-electron chi connectivity index (χ2n) is 6.22. The average molecular weight is 345 g/mol. The highest BCUT2D eigenvalue weighted by Gasteiger charge is 2.31. The molecule has 25 heavy (non-hydrogen) atoms. The van der Waals surface area contributed by atoms with Crippen molar-refractivity contribution in [2.24, 2.45) is 0 Å². The van der Waals surface area contributed by atoms with E-state index in [4.69, 9.17) is 9.47 Å². The third-order valence-corrected chi connectivity index (χ3v) is 4.57. The Morgan fingerprint density at radius 3 is 2.48 bits per heavy atom. The molecule has 1 atom stereocenters. The Labute approximate surface area is 144 Å². The van der Waals surface area contributed by atoms with Crippen molar-refractivity contribution < 1.29 is 23.0 Å². The van der Waals surface area contributed by atoms with E-state index < -0.39 is 11.6 Å². The highest BCUT2D eigenvalue weighted by atomic mass is 19.1. The molecule has 130 valence electrons. The maximum atomic E-state index is 13.4. The summed E-state index contributed by atoms with van der Waals surface area (Å²) in [7, 11) is 0. The minimum atomic E-state index is -0.751. The largest absolute Gasteiger partial charge is 0.486 e. The Balaban J connectivity index is 1.63. The van der Waals surface area contributed by atoms with Gasteiger partial charge in [0.2, 0.25) is 0 Å². The molecule has 0 radical (unpaired) electrons. The van der Waals surface area contributed by atoms with Gasteiger partial charge in [0, 0.05) is 18.2 Å². The minimum absolute atomic E-state index is 0.0296. The van der Waals surface area contributed by atoms with Crippen molar-refractivity contribution in [3.63, 3.8) is 0 Å². The SMILES string of the molecule is O=C(c1cc(F)cc(F)c1)N1CCC[C@@H]1c1ccc2c(c1)OCCO2. The Morgan fingerprint density at radius 2 is 1.72 bits per heavy atom. The van der Waals surface area contributed by atoms with E-state index in [-0.39, 0.29) is 17.5 Å². The van der Waals surface area contributed by atoms with E-state index in [0.29, 0.717) is 31.3 Å². The van der Waals surface area contributed by atoms with E-state index >= 15 is 0 Å². The van der Waals surface area contributed by atoms with Crippen LogP contribution in [0.15, 0.2) is 36.4 Å². The predicted octanol–water partition coefficient (Wildman–Crippen LogP) is 3.71. The van der Waals surface area contributed by atoms with Crippen molar-refractivity contribution in [2.45, 2.75) is 18.9 Å². The summed E-state index contributed by atoms with van der Waals surface area (Å²) in [5.41, 5.74) is 0.967. The molecule has 4 rings (SSSR count). The molecule has 1 saturated heterocycles. The second-order valence-corrected chi connectivity index (χ2v) is 6.22. The van der Waals surface area contributed by atoms with Crippen LogP contribution in [0.25, 0.3) is 0 Å². The molecule has 1 fully saturated rings. The number of hydrogen-bond donors (Lipinski definition) is 0. The lowest BCUT2D eigenvalue weighted by atomic mass is 10.0. The Morgan fingerprint density at radius 1 is 1.00 bits per heavy atom. The molecular weight excluding hydrogens is 328 g/mol. The maximum Gasteiger partial charge on any atom is 0.254 e. The van der Waals surface area contributed by atoms with Gasteiger partial charge in [-0.1, -0.05) is 6.07 Å². The summed E-state index contributed by atoms with van der Waals surface area (Å²) in [6.45, 7) is 1.56. The summed E-state index contributed by atoms with van der Waals surface area (Å²) in [6, 6.07) is 8.41. The van der Waals surface area contributed by atoms with Crippen molar-refractivity contribution in [1.29, 1.82) is 0 Å². The minimum Gasteiger partial charge on any atom is -0.486 e. The van der Waals surface area contributed by atoms with Gasteiger partial charge < -0.3 is 14.4 Å². The molecule has 2 aromatic carbocycles. The van der Waals surface area contributed by atoms with Crippen LogP contribution in [0.3, 0.4) is 0 Å². The van der Waals surface area contributed by atoms with E-state index in [1.807, 2.05) is 18.2 Å². The lowest BCUT2D eigenvalue weighted by Crippen LogP contribution is -2.30. The Kier molecular flexibility index (Phi) is 4.03. The predicted molar refractivity (Wildman–Crippen MR) is 86.8 cm³/mol. The molecule has 0 aliphatic carbocycles. The van der Waals surface area contributed by atoms with Gasteiger partial charge in [0.1, 0.15) is 24.8 Å². The number of likely N-dealkylation sites (tertiary alicyclic amines) is 1. The molecule has 0 aromatic heterocycles. The standard InChI is InChI=1S/C19H17F2NO3/c20-14-8-13(9-15(21)11-14)19(23)22-5-1-2-16(22)12-3-4-17-18(10-12)25-7-6-24-17/h3-4,8-11,16H,1-2,5-7H2/t16-/m1/s1. The van der Waals surface area contributed by atoms with Gasteiger partial charge in [-0.2, -0.15) is 0 Å². The van der Waals surface area contributed by atoms with Gasteiger partial charge in [0.05, 0.1) is 6.04 Å². The number of fused-ring (bicyclic) bond motifs is 1. The first-order valence-electron chi connectivity index (χ1n) is 8.28. The van der Waals surface area contributed by atoms with Crippen LogP contribution in [-0.4, -0.2) is 30.6 Å². The van der Waals surface area contributed by atoms with Crippen LogP contribution in [0.5, 0.6) is 11.5 Å². The third-order valence-electron chi connectivity index (χ3n) is 4.57. The van der Waals surface area contributed by atoms with Gasteiger partial charge in [-0.25, -0.2) is 8.78 Å². The number of nitrogens with zero attached hydrogens (tertiary/aromatic N) is 1. The fraction of sp³-hybridized carbons (Fsp3) is 0.316. The summed E-state index contributed by atoms with van der Waals surface area (Å²) in [5, 5.41) is 0. The van der Waals surface area contributed by atoms with Crippen molar-refractivity contribution in [1.82, 2.24) is 4.90 Å². The van der Waals surface area contributed by atoms with Crippen LogP contribution in [-0.2, 0) is 0 Å². The first-order chi connectivity index (χ1) is 12.1. The molecule has 0 spiro atoms. The smallest absolute Gasteiger partial charge is 0.254 e. The van der Waals surface area contributed by atoms with Gasteiger partial charge in [0.25, 0.3) is 5.91 Å². The lowest BCUT2D eigenvalue weighted by molar-refractivity contribution is 0.0734. The van der Waals surface area contributed by atoms with Crippen molar-refractivity contribution in [3.8, 4) is 11.5 Å². The van der Waals surface area contributed by atoms with Crippen molar-refractivity contribution in [3.05, 3.63) is 59.2 Å². The van der Waals surface area contributed by atoms with Crippen LogP contribution < -0.4 is 9.47 Å². The number of carbonyl (C=O) groups excluding carboxylic acids is 1. The molecule has 2 aliphatic rings. The fourth-order valence-electron chi connectivity index (χ4n) is 3.47. The maximum absolute atomic E-state index is 13.4. The average Bonchev–Trinajstić information content (AvgIpc) is 3.09. The lowest BCUT2D eigenvalue weighted by Gasteiger charge is -2.27. The summed E-state index contributed by atoms with van der Waals surface area (Å²) >= 11 is 0. The van der Waals surface area contributed by atoms with Crippen LogP contribution in [0.4, 0.5) is 8.78 Å². The van der Waals surface area contributed by atoms with E-state index in [2.05, 4.69) is 0 Å². The first kappa shape index (κ1) is 15.9. The van der Waals surface area contributed by atoms with Crippen LogP contribution in [0, 0.1) is 11.6 Å². The quantitative estimate of drug-likeness (QED) is 0.833. The van der Waals surface area contributed by atoms with Gasteiger partial charge >= 0.3 is 0 Å². The molecule has 0 bridgehead atoms. The molecule has 0 unspecified atom stereocenters. The molecule has 2 aromatic rings. The first-order valence-corrected chi connectivity index (χ1v) is 8.28. The highest BCUT2D eigenvalue weighted by Crippen LogP contribution is 2.38. The second kappa shape index (κ2) is 6.35. The normalized spacial score (nSPS) is 19.1. The number of ether oxygens (including phenoxy) is 2. The summed E-state index contributed by atoms with van der Waals surface area (Å²) in [5.74, 6) is -0.509. The van der Waals surface area contributed by atoms with Gasteiger partial charge in [-0.15, -0.1) is 0 Å². The van der Waals surface area contributed by atoms with Crippen LogP contribution in [0.2, 0.25) is 0 Å². The molecule has 2 heterocycles. The Bertz CT molecular complexity index is 804. The number of rotatable bonds is 2. The summed E-state index contributed by atoms with van der Waals surface area (Å²) in [6.07, 6.45) is 1.63. The molecule has 1 amide bonds. The number of benzene rings is 2. The highest BCUT2D eigenvalue weighted by molar-refractivity contribution is 5.94. The summed E-state index contributed by atoms with van der Waals surface area (Å²) < 4.78 is 38.0. The van der Waals surface area contributed by atoms with Crippen LogP contribution in [0.1, 0.15) is 34.8 Å². The zero-order valence-corrected chi connectivity index (χ0v) is 13.5. The van der Waals surface area contributed by atoms with Crippen molar-refractivity contribution >= 4 is 5.91 Å².